The van der Waals surface area contributed by atoms with Crippen molar-refractivity contribution in [3.63, 3.8) is 0 Å². The second kappa shape index (κ2) is 9.66. The number of imidazole rings is 1. The molecule has 7 heteroatoms. The molecule has 1 unspecified atom stereocenters. The molecule has 1 heterocycles. The van der Waals surface area contributed by atoms with Crippen LogP contribution in [0.2, 0.25) is 0 Å². The number of hydrogen-bond acceptors (Lipinski definition) is 3. The largest absolute Gasteiger partial charge is 0.346 e. The highest BCUT2D eigenvalue weighted by Gasteiger charge is 2.19. The molecule has 0 saturated carbocycles. The van der Waals surface area contributed by atoms with Gasteiger partial charge in [-0.3, -0.25) is 4.79 Å². The van der Waals surface area contributed by atoms with Crippen LogP contribution in [0.5, 0.6) is 0 Å². The number of fused-ring (bicyclic) bond motifs is 1. The number of carbonyl (C=O) groups excluding carboxylic acids is 1. The highest BCUT2D eigenvalue weighted by atomic mass is 35.5. The Morgan fingerprint density at radius 2 is 2.00 bits per heavy atom. The molecule has 124 valence electrons. The Bertz CT molecular complexity index is 553. The number of carbonyl (C=O) groups is 1. The second-order valence-electron chi connectivity index (χ2n) is 5.43. The van der Waals surface area contributed by atoms with Gasteiger partial charge in [-0.15, -0.1) is 24.8 Å². The zero-order valence-corrected chi connectivity index (χ0v) is 14.5. The van der Waals surface area contributed by atoms with Gasteiger partial charge in [0.25, 0.3) is 0 Å². The third kappa shape index (κ3) is 5.48. The maximum atomic E-state index is 11.8. The van der Waals surface area contributed by atoms with E-state index in [4.69, 9.17) is 5.73 Å². The molecule has 0 fully saturated rings. The minimum atomic E-state index is -0.0959. The summed E-state index contributed by atoms with van der Waals surface area (Å²) in [6, 6.07) is 7.77. The molecule has 4 N–H and O–H groups in total. The van der Waals surface area contributed by atoms with Crippen molar-refractivity contribution in [3.8, 4) is 0 Å². The molecule has 0 spiro atoms. The third-order valence-corrected chi connectivity index (χ3v) is 3.15. The number of amides is 1. The molecule has 1 aromatic carbocycles. The van der Waals surface area contributed by atoms with Crippen molar-refractivity contribution in [1.82, 2.24) is 15.3 Å². The highest BCUT2D eigenvalue weighted by Crippen LogP contribution is 2.21. The van der Waals surface area contributed by atoms with Crippen LogP contribution >= 0.6 is 24.8 Å². The Balaban J connectivity index is 0.00000220. The smallest absolute Gasteiger partial charge is 0.221 e. The van der Waals surface area contributed by atoms with E-state index in [2.05, 4.69) is 29.1 Å². The molecule has 22 heavy (non-hydrogen) atoms. The van der Waals surface area contributed by atoms with Gasteiger partial charge < -0.3 is 16.0 Å². The van der Waals surface area contributed by atoms with Crippen LogP contribution in [0.1, 0.15) is 38.6 Å². The number of aromatic nitrogens is 2. The SMILES string of the molecule is CC(C)CC(NC(=O)CCN)c1nc2ccccc2[nH]1.Cl.Cl. The molecule has 1 atom stereocenters. The predicted molar refractivity (Wildman–Crippen MR) is 94.6 cm³/mol. The molecule has 0 aliphatic rings. The van der Waals surface area contributed by atoms with E-state index < -0.39 is 0 Å². The summed E-state index contributed by atoms with van der Waals surface area (Å²) < 4.78 is 0. The lowest BCUT2D eigenvalue weighted by atomic mass is 10.0. The zero-order chi connectivity index (χ0) is 14.5. The van der Waals surface area contributed by atoms with Crippen LogP contribution in [-0.2, 0) is 4.79 Å². The topological polar surface area (TPSA) is 83.8 Å². The zero-order valence-electron chi connectivity index (χ0n) is 12.8. The summed E-state index contributed by atoms with van der Waals surface area (Å²) in [5.41, 5.74) is 7.33. The summed E-state index contributed by atoms with van der Waals surface area (Å²) in [5, 5.41) is 3.01. The van der Waals surface area contributed by atoms with Gasteiger partial charge in [-0.1, -0.05) is 26.0 Å². The summed E-state index contributed by atoms with van der Waals surface area (Å²) in [5.74, 6) is 1.25. The van der Waals surface area contributed by atoms with Crippen LogP contribution in [-0.4, -0.2) is 22.4 Å². The van der Waals surface area contributed by atoms with E-state index in [1.807, 2.05) is 24.3 Å². The first kappa shape index (κ1) is 20.7. The third-order valence-electron chi connectivity index (χ3n) is 3.15. The maximum Gasteiger partial charge on any atom is 0.221 e. The number of nitrogens with one attached hydrogen (secondary N) is 2. The molecule has 1 aromatic heterocycles. The number of H-pyrrole nitrogens is 1. The Kier molecular flexibility index (Phi) is 9.09. The average Bonchev–Trinajstić information content (AvgIpc) is 2.81. The van der Waals surface area contributed by atoms with Crippen LogP contribution < -0.4 is 11.1 Å². The monoisotopic (exact) mass is 346 g/mol. The van der Waals surface area contributed by atoms with Crippen molar-refractivity contribution in [1.29, 1.82) is 0 Å². The van der Waals surface area contributed by atoms with Gasteiger partial charge in [-0.25, -0.2) is 4.98 Å². The molecule has 0 saturated heterocycles. The van der Waals surface area contributed by atoms with Gasteiger partial charge in [0.2, 0.25) is 5.91 Å². The molecule has 0 aliphatic carbocycles. The molecule has 5 nitrogen and oxygen atoms in total. The minimum absolute atomic E-state index is 0. The van der Waals surface area contributed by atoms with Crippen LogP contribution in [0.3, 0.4) is 0 Å². The molecule has 2 rings (SSSR count). The van der Waals surface area contributed by atoms with Crippen molar-refractivity contribution in [2.24, 2.45) is 11.7 Å². The van der Waals surface area contributed by atoms with Gasteiger partial charge in [-0.05, 0) is 24.5 Å². The number of nitrogens with two attached hydrogens (primary N) is 1. The lowest BCUT2D eigenvalue weighted by Crippen LogP contribution is -2.31. The normalized spacial score (nSPS) is 11.6. The van der Waals surface area contributed by atoms with Crippen molar-refractivity contribution in [3.05, 3.63) is 30.1 Å². The number of halogens is 2. The van der Waals surface area contributed by atoms with Crippen LogP contribution in [0.4, 0.5) is 0 Å². The van der Waals surface area contributed by atoms with Gasteiger partial charge in [0, 0.05) is 13.0 Å². The molecular formula is C15H24Cl2N4O. The number of nitrogens with zero attached hydrogens (tertiary/aromatic N) is 1. The molecule has 0 radical (unpaired) electrons. The molecule has 0 bridgehead atoms. The van der Waals surface area contributed by atoms with Crippen molar-refractivity contribution in [2.45, 2.75) is 32.7 Å². The Morgan fingerprint density at radius 3 is 2.59 bits per heavy atom. The molecule has 0 aliphatic heterocycles. The first-order valence-electron chi connectivity index (χ1n) is 7.04. The number of hydrogen-bond donors (Lipinski definition) is 3. The van der Waals surface area contributed by atoms with Crippen molar-refractivity contribution in [2.75, 3.05) is 6.54 Å². The van der Waals surface area contributed by atoms with Crippen LogP contribution in [0, 0.1) is 5.92 Å². The number of aromatic amines is 1. The Hall–Kier alpha value is -1.30. The first-order chi connectivity index (χ1) is 9.60. The van der Waals surface area contributed by atoms with Crippen molar-refractivity contribution >= 4 is 41.8 Å². The van der Waals surface area contributed by atoms with E-state index in [0.29, 0.717) is 18.9 Å². The van der Waals surface area contributed by atoms with Gasteiger partial charge in [-0.2, -0.15) is 0 Å². The average molecular weight is 347 g/mol. The molecule has 2 aromatic rings. The minimum Gasteiger partial charge on any atom is -0.346 e. The van der Waals surface area contributed by atoms with E-state index >= 15 is 0 Å². The Labute approximate surface area is 143 Å². The summed E-state index contributed by atoms with van der Waals surface area (Å²) in [6.07, 6.45) is 1.19. The fourth-order valence-corrected chi connectivity index (χ4v) is 2.25. The van der Waals surface area contributed by atoms with Crippen molar-refractivity contribution < 1.29 is 4.79 Å². The highest BCUT2D eigenvalue weighted by molar-refractivity contribution is 5.85. The number of rotatable bonds is 6. The maximum absolute atomic E-state index is 11.8. The second-order valence-corrected chi connectivity index (χ2v) is 5.43. The van der Waals surface area contributed by atoms with Gasteiger partial charge in [0.05, 0.1) is 17.1 Å². The summed E-state index contributed by atoms with van der Waals surface area (Å²) >= 11 is 0. The van der Waals surface area contributed by atoms with E-state index in [1.165, 1.54) is 0 Å². The van der Waals surface area contributed by atoms with Gasteiger partial charge in [0.15, 0.2) is 0 Å². The Morgan fingerprint density at radius 1 is 1.32 bits per heavy atom. The van der Waals surface area contributed by atoms with E-state index in [1.54, 1.807) is 0 Å². The lowest BCUT2D eigenvalue weighted by Gasteiger charge is -2.18. The van der Waals surface area contributed by atoms with Crippen LogP contribution in [0.15, 0.2) is 24.3 Å². The lowest BCUT2D eigenvalue weighted by molar-refractivity contribution is -0.121. The van der Waals surface area contributed by atoms with E-state index in [9.17, 15) is 4.79 Å². The van der Waals surface area contributed by atoms with Crippen LogP contribution in [0.25, 0.3) is 11.0 Å². The summed E-state index contributed by atoms with van der Waals surface area (Å²) in [6.45, 7) is 4.62. The molecule has 1 amide bonds. The number of benzene rings is 1. The van der Waals surface area contributed by atoms with Gasteiger partial charge in [0.1, 0.15) is 5.82 Å². The predicted octanol–water partition coefficient (Wildman–Crippen LogP) is 2.96. The fraction of sp³-hybridized carbons (Fsp3) is 0.467. The fourth-order valence-electron chi connectivity index (χ4n) is 2.25. The summed E-state index contributed by atoms with van der Waals surface area (Å²) in [7, 11) is 0. The quantitative estimate of drug-likeness (QED) is 0.751. The molecular weight excluding hydrogens is 323 g/mol. The van der Waals surface area contributed by atoms with Gasteiger partial charge >= 0.3 is 0 Å². The first-order valence-corrected chi connectivity index (χ1v) is 7.04. The summed E-state index contributed by atoms with van der Waals surface area (Å²) in [4.78, 5) is 19.7. The number of para-hydroxylation sites is 2. The van der Waals surface area contributed by atoms with E-state index in [-0.39, 0.29) is 36.8 Å². The van der Waals surface area contributed by atoms with E-state index in [0.717, 1.165) is 23.3 Å². The standard InChI is InChI=1S/C15H22N4O.2ClH/c1-10(2)9-13(17-14(20)7-8-16)15-18-11-5-3-4-6-12(11)19-15;;/h3-6,10,13H,7-9,16H2,1-2H3,(H,17,20)(H,18,19);2*1H.